The van der Waals surface area contributed by atoms with Crippen molar-refractivity contribution in [1.29, 1.82) is 0 Å². The van der Waals surface area contributed by atoms with Gasteiger partial charge in [-0.3, -0.25) is 0 Å². The van der Waals surface area contributed by atoms with Crippen LogP contribution in [0.2, 0.25) is 0 Å². The molecule has 0 amide bonds. The third kappa shape index (κ3) is 4.51. The van der Waals surface area contributed by atoms with Crippen molar-refractivity contribution in [3.8, 4) is 11.1 Å². The van der Waals surface area contributed by atoms with Crippen molar-refractivity contribution in [2.45, 2.75) is 0 Å². The fraction of sp³-hybridized carbons (Fsp3) is 0. The van der Waals surface area contributed by atoms with Crippen molar-refractivity contribution in [3.05, 3.63) is 58.7 Å². The van der Waals surface area contributed by atoms with E-state index in [4.69, 9.17) is 25.2 Å². The van der Waals surface area contributed by atoms with Crippen LogP contribution in [0.4, 0.5) is 0 Å². The normalized spacial score (nSPS) is 9.54. The van der Waals surface area contributed by atoms with Crippen LogP contribution < -0.4 is 0 Å². The Hall–Kier alpha value is -4.01. The third-order valence-electron chi connectivity index (χ3n) is 3.19. The molecule has 9 heteroatoms. The number of carbonyl (C=O) groups excluding carboxylic acids is 1. The average Bonchev–Trinajstić information content (AvgIpc) is 2.62. The van der Waals surface area contributed by atoms with E-state index < -0.39 is 23.9 Å². The number of benzene rings is 2. The Morgan fingerprint density at radius 1 is 0.500 bits per heavy atom. The van der Waals surface area contributed by atoms with Crippen molar-refractivity contribution >= 4 is 30.7 Å². The maximum absolute atomic E-state index is 11.1. The first kappa shape index (κ1) is 20.0. The minimum absolute atomic E-state index is 0.0814. The SMILES string of the molecule is C=O.O=C(O)c1cc(C(=O)O)cc(-c2cc(C(=O)O)cc(C(=O)O)c2)c1. The number of hydrogen-bond donors (Lipinski definition) is 4. The highest BCUT2D eigenvalue weighted by atomic mass is 16.4. The van der Waals surface area contributed by atoms with Gasteiger partial charge in [0.1, 0.15) is 6.79 Å². The maximum Gasteiger partial charge on any atom is 0.335 e. The van der Waals surface area contributed by atoms with E-state index in [2.05, 4.69) is 0 Å². The number of rotatable bonds is 5. The zero-order valence-electron chi connectivity index (χ0n) is 13.0. The number of hydrogen-bond acceptors (Lipinski definition) is 5. The smallest absolute Gasteiger partial charge is 0.335 e. The lowest BCUT2D eigenvalue weighted by molar-refractivity contribution is -0.0980. The van der Waals surface area contributed by atoms with Gasteiger partial charge in [-0.25, -0.2) is 19.2 Å². The number of carboxylic acid groups (broad SMARTS) is 4. The summed E-state index contributed by atoms with van der Waals surface area (Å²) in [5, 5.41) is 36.3. The molecule has 0 spiro atoms. The minimum Gasteiger partial charge on any atom is -0.478 e. The van der Waals surface area contributed by atoms with Gasteiger partial charge >= 0.3 is 23.9 Å². The van der Waals surface area contributed by atoms with Crippen LogP contribution in [0.5, 0.6) is 0 Å². The van der Waals surface area contributed by atoms with Gasteiger partial charge in [0, 0.05) is 0 Å². The Balaban J connectivity index is 0.00000163. The summed E-state index contributed by atoms with van der Waals surface area (Å²) in [5.41, 5.74) is -1.11. The Morgan fingerprint density at radius 2 is 0.692 bits per heavy atom. The molecule has 0 aliphatic heterocycles. The summed E-state index contributed by atoms with van der Waals surface area (Å²) in [4.78, 5) is 52.5. The number of aromatic carboxylic acids is 4. The highest BCUT2D eigenvalue weighted by Crippen LogP contribution is 2.26. The topological polar surface area (TPSA) is 166 Å². The van der Waals surface area contributed by atoms with E-state index >= 15 is 0 Å². The molecule has 0 aromatic heterocycles. The zero-order valence-corrected chi connectivity index (χ0v) is 13.0. The largest absolute Gasteiger partial charge is 0.478 e. The molecule has 0 aliphatic carbocycles. The van der Waals surface area contributed by atoms with Crippen molar-refractivity contribution in [1.82, 2.24) is 0 Å². The van der Waals surface area contributed by atoms with E-state index in [-0.39, 0.29) is 33.4 Å². The monoisotopic (exact) mass is 360 g/mol. The summed E-state index contributed by atoms with van der Waals surface area (Å²) < 4.78 is 0. The Kier molecular flexibility index (Phi) is 6.32. The molecule has 0 radical (unpaired) electrons. The quantitative estimate of drug-likeness (QED) is 0.623. The van der Waals surface area contributed by atoms with E-state index in [0.717, 1.165) is 36.4 Å². The Labute approximate surface area is 145 Å². The third-order valence-corrected chi connectivity index (χ3v) is 3.19. The predicted molar refractivity (Wildman–Crippen MR) is 86.8 cm³/mol. The van der Waals surface area contributed by atoms with Crippen LogP contribution in [0.15, 0.2) is 36.4 Å². The first-order valence-corrected chi connectivity index (χ1v) is 6.71. The molecule has 0 aliphatic rings. The molecule has 134 valence electrons. The standard InChI is InChI=1S/C16H10O8.CH2O/c17-13(18)9-1-7(2-10(5-9)14(19)20)8-3-11(15(21)22)6-12(4-8)16(23)24;1-2/h1-6H,(H,17,18)(H,19,20)(H,21,22)(H,23,24);1H2. The highest BCUT2D eigenvalue weighted by molar-refractivity contribution is 5.98. The van der Waals surface area contributed by atoms with Gasteiger partial charge in [0.25, 0.3) is 0 Å². The fourth-order valence-electron chi connectivity index (χ4n) is 2.08. The number of carbonyl (C=O) groups is 5. The van der Waals surface area contributed by atoms with E-state index in [1.54, 1.807) is 0 Å². The van der Waals surface area contributed by atoms with Gasteiger partial charge in [-0.1, -0.05) is 0 Å². The van der Waals surface area contributed by atoms with Gasteiger partial charge in [-0.15, -0.1) is 0 Å². The van der Waals surface area contributed by atoms with Gasteiger partial charge in [0.15, 0.2) is 0 Å². The second-order valence-corrected chi connectivity index (χ2v) is 4.82. The molecule has 2 aromatic rings. The fourth-order valence-corrected chi connectivity index (χ4v) is 2.08. The molecule has 4 N–H and O–H groups in total. The lowest BCUT2D eigenvalue weighted by atomic mass is 9.96. The van der Waals surface area contributed by atoms with Crippen LogP contribution >= 0.6 is 0 Å². The molecule has 26 heavy (non-hydrogen) atoms. The van der Waals surface area contributed by atoms with Crippen LogP contribution in [0.1, 0.15) is 41.4 Å². The molecule has 0 saturated carbocycles. The molecular weight excluding hydrogens is 348 g/mol. The van der Waals surface area contributed by atoms with Gasteiger partial charge in [-0.05, 0) is 47.5 Å². The summed E-state index contributed by atoms with van der Waals surface area (Å²) in [6.45, 7) is 2.00. The predicted octanol–water partition coefficient (Wildman–Crippen LogP) is 1.96. The lowest BCUT2D eigenvalue weighted by Crippen LogP contribution is -2.05. The summed E-state index contributed by atoms with van der Waals surface area (Å²) in [7, 11) is 0. The summed E-state index contributed by atoms with van der Waals surface area (Å²) in [5.74, 6) is -5.47. The Morgan fingerprint density at radius 3 is 0.846 bits per heavy atom. The van der Waals surface area contributed by atoms with Crippen LogP contribution in [-0.4, -0.2) is 51.1 Å². The van der Waals surface area contributed by atoms with Crippen LogP contribution in [0, 0.1) is 0 Å². The van der Waals surface area contributed by atoms with Gasteiger partial charge in [-0.2, -0.15) is 0 Å². The van der Waals surface area contributed by atoms with Crippen molar-refractivity contribution in [2.24, 2.45) is 0 Å². The zero-order chi connectivity index (χ0) is 20.0. The van der Waals surface area contributed by atoms with Crippen LogP contribution in [0.25, 0.3) is 11.1 Å². The summed E-state index contributed by atoms with van der Waals surface area (Å²) in [6, 6.07) is 6.46. The van der Waals surface area contributed by atoms with Gasteiger partial charge in [0.05, 0.1) is 22.3 Å². The molecule has 2 aromatic carbocycles. The molecule has 0 fully saturated rings. The molecule has 0 heterocycles. The van der Waals surface area contributed by atoms with Crippen molar-refractivity contribution in [3.63, 3.8) is 0 Å². The summed E-state index contributed by atoms with van der Waals surface area (Å²) in [6.07, 6.45) is 0. The number of carboxylic acids is 4. The Bertz CT molecular complexity index is 761. The molecule has 0 unspecified atom stereocenters. The average molecular weight is 360 g/mol. The molecule has 0 atom stereocenters. The van der Waals surface area contributed by atoms with Gasteiger partial charge in [0.2, 0.25) is 0 Å². The molecular formula is C17H12O9. The van der Waals surface area contributed by atoms with E-state index in [9.17, 15) is 19.2 Å². The van der Waals surface area contributed by atoms with Crippen molar-refractivity contribution < 1.29 is 44.4 Å². The van der Waals surface area contributed by atoms with E-state index in [1.807, 2.05) is 6.79 Å². The first-order valence-electron chi connectivity index (χ1n) is 6.71. The van der Waals surface area contributed by atoms with Crippen molar-refractivity contribution in [2.75, 3.05) is 0 Å². The minimum atomic E-state index is -1.37. The first-order chi connectivity index (χ1) is 12.2. The molecule has 2 rings (SSSR count). The molecule has 0 bridgehead atoms. The second kappa shape index (κ2) is 8.20. The summed E-state index contributed by atoms with van der Waals surface area (Å²) >= 11 is 0. The molecule has 9 nitrogen and oxygen atoms in total. The van der Waals surface area contributed by atoms with Crippen LogP contribution in [-0.2, 0) is 4.79 Å². The van der Waals surface area contributed by atoms with Crippen LogP contribution in [0.3, 0.4) is 0 Å². The van der Waals surface area contributed by atoms with Gasteiger partial charge < -0.3 is 25.2 Å². The molecule has 0 saturated heterocycles. The second-order valence-electron chi connectivity index (χ2n) is 4.82. The van der Waals surface area contributed by atoms with E-state index in [1.165, 1.54) is 0 Å². The lowest BCUT2D eigenvalue weighted by Gasteiger charge is -2.08. The van der Waals surface area contributed by atoms with E-state index in [0.29, 0.717) is 0 Å². The highest BCUT2D eigenvalue weighted by Gasteiger charge is 2.16. The maximum atomic E-state index is 11.1.